The van der Waals surface area contributed by atoms with E-state index in [9.17, 15) is 0 Å². The number of halogens is 1. The van der Waals surface area contributed by atoms with Crippen molar-refractivity contribution in [2.75, 3.05) is 5.73 Å². The summed E-state index contributed by atoms with van der Waals surface area (Å²) in [6, 6.07) is 7.77. The highest BCUT2D eigenvalue weighted by molar-refractivity contribution is 6.30. The minimum absolute atomic E-state index is 0.402. The van der Waals surface area contributed by atoms with Gasteiger partial charge in [-0.05, 0) is 24.1 Å². The molecular formula is C15H20ClN3. The monoisotopic (exact) mass is 277 g/mol. The molecule has 2 aromatic rings. The largest absolute Gasteiger partial charge is 0.383 e. The van der Waals surface area contributed by atoms with Gasteiger partial charge in [0, 0.05) is 23.6 Å². The van der Waals surface area contributed by atoms with E-state index in [2.05, 4.69) is 18.9 Å². The van der Waals surface area contributed by atoms with Gasteiger partial charge in [-0.15, -0.1) is 0 Å². The van der Waals surface area contributed by atoms with Crippen molar-refractivity contribution in [3.05, 3.63) is 35.0 Å². The second-order valence-corrected chi connectivity index (χ2v) is 5.40. The number of nitrogens with zero attached hydrogens (tertiary/aromatic N) is 2. The molecule has 0 spiro atoms. The van der Waals surface area contributed by atoms with E-state index in [1.165, 1.54) is 0 Å². The van der Waals surface area contributed by atoms with E-state index in [1.807, 2.05) is 31.3 Å². The standard InChI is InChI=1S/C15H20ClN3/c1-4-5-10(2)14-13(15(17)19(3)18-14)11-6-8-12(16)9-7-11/h6-10H,4-5,17H2,1-3H3. The van der Waals surface area contributed by atoms with E-state index >= 15 is 0 Å². The fourth-order valence-corrected chi connectivity index (χ4v) is 2.51. The summed E-state index contributed by atoms with van der Waals surface area (Å²) in [5, 5.41) is 5.32. The number of aromatic nitrogens is 2. The molecule has 0 aliphatic heterocycles. The van der Waals surface area contributed by atoms with Gasteiger partial charge in [0.25, 0.3) is 0 Å². The molecule has 1 heterocycles. The Morgan fingerprint density at radius 1 is 1.32 bits per heavy atom. The van der Waals surface area contributed by atoms with Crippen LogP contribution in [0.2, 0.25) is 5.02 Å². The normalized spacial score (nSPS) is 12.6. The van der Waals surface area contributed by atoms with Gasteiger partial charge in [0.2, 0.25) is 0 Å². The maximum atomic E-state index is 6.17. The second-order valence-electron chi connectivity index (χ2n) is 4.97. The molecule has 2 N–H and O–H groups in total. The molecule has 0 fully saturated rings. The molecule has 0 amide bonds. The van der Waals surface area contributed by atoms with Crippen LogP contribution >= 0.6 is 11.6 Å². The molecule has 0 bridgehead atoms. The quantitative estimate of drug-likeness (QED) is 0.909. The van der Waals surface area contributed by atoms with Crippen LogP contribution in [0.4, 0.5) is 5.82 Å². The molecule has 1 atom stereocenters. The average molecular weight is 278 g/mol. The first-order valence-corrected chi connectivity index (χ1v) is 7.00. The Labute approximate surface area is 119 Å². The summed E-state index contributed by atoms with van der Waals surface area (Å²) in [6.07, 6.45) is 2.24. The average Bonchev–Trinajstić information content (AvgIpc) is 2.68. The van der Waals surface area contributed by atoms with E-state index in [0.717, 1.165) is 34.7 Å². The first-order valence-electron chi connectivity index (χ1n) is 6.62. The van der Waals surface area contributed by atoms with E-state index in [4.69, 9.17) is 17.3 Å². The maximum Gasteiger partial charge on any atom is 0.129 e. The maximum absolute atomic E-state index is 6.17. The lowest BCUT2D eigenvalue weighted by Gasteiger charge is -2.10. The lowest BCUT2D eigenvalue weighted by Crippen LogP contribution is -1.98. The van der Waals surface area contributed by atoms with Crippen molar-refractivity contribution in [3.63, 3.8) is 0 Å². The van der Waals surface area contributed by atoms with Gasteiger partial charge in [0.1, 0.15) is 5.82 Å². The van der Waals surface area contributed by atoms with E-state index in [1.54, 1.807) is 4.68 Å². The summed E-state index contributed by atoms with van der Waals surface area (Å²) >= 11 is 5.94. The molecule has 3 nitrogen and oxygen atoms in total. The molecule has 1 unspecified atom stereocenters. The van der Waals surface area contributed by atoms with Gasteiger partial charge in [-0.1, -0.05) is 44.0 Å². The second kappa shape index (κ2) is 5.66. The molecule has 0 aliphatic rings. The highest BCUT2D eigenvalue weighted by Gasteiger charge is 2.19. The van der Waals surface area contributed by atoms with Crippen molar-refractivity contribution < 1.29 is 0 Å². The van der Waals surface area contributed by atoms with Crippen LogP contribution in [-0.2, 0) is 7.05 Å². The zero-order chi connectivity index (χ0) is 14.0. The number of rotatable bonds is 4. The summed E-state index contributed by atoms with van der Waals surface area (Å²) in [5.74, 6) is 1.11. The van der Waals surface area contributed by atoms with Crippen molar-refractivity contribution in [1.29, 1.82) is 0 Å². The molecule has 102 valence electrons. The van der Waals surface area contributed by atoms with E-state index < -0.39 is 0 Å². The topological polar surface area (TPSA) is 43.8 Å². The third-order valence-corrected chi connectivity index (χ3v) is 3.69. The van der Waals surface area contributed by atoms with Crippen LogP contribution in [0.3, 0.4) is 0 Å². The lowest BCUT2D eigenvalue weighted by atomic mass is 9.95. The molecular weight excluding hydrogens is 258 g/mol. The van der Waals surface area contributed by atoms with Crippen LogP contribution in [0.5, 0.6) is 0 Å². The summed E-state index contributed by atoms with van der Waals surface area (Å²) < 4.78 is 1.76. The van der Waals surface area contributed by atoms with Crippen LogP contribution in [0, 0.1) is 0 Å². The van der Waals surface area contributed by atoms with Crippen molar-refractivity contribution in [2.45, 2.75) is 32.6 Å². The molecule has 1 aromatic carbocycles. The van der Waals surface area contributed by atoms with E-state index in [-0.39, 0.29) is 0 Å². The van der Waals surface area contributed by atoms with Crippen molar-refractivity contribution in [2.24, 2.45) is 7.05 Å². The lowest BCUT2D eigenvalue weighted by molar-refractivity contribution is 0.627. The third-order valence-electron chi connectivity index (χ3n) is 3.44. The Bertz CT molecular complexity index is 558. The fourth-order valence-electron chi connectivity index (χ4n) is 2.39. The van der Waals surface area contributed by atoms with Crippen LogP contribution in [0.25, 0.3) is 11.1 Å². The van der Waals surface area contributed by atoms with Crippen LogP contribution in [0.1, 0.15) is 38.3 Å². The smallest absolute Gasteiger partial charge is 0.129 e. The summed E-state index contributed by atoms with van der Waals surface area (Å²) in [5.41, 5.74) is 9.37. The molecule has 0 saturated heterocycles. The highest BCUT2D eigenvalue weighted by Crippen LogP contribution is 2.35. The Kier molecular flexibility index (Phi) is 4.15. The summed E-state index contributed by atoms with van der Waals surface area (Å²) in [6.45, 7) is 4.38. The Hall–Kier alpha value is -1.48. The first-order chi connectivity index (χ1) is 9.04. The number of nitrogens with two attached hydrogens (primary N) is 1. The predicted octanol–water partition coefficient (Wildman–Crippen LogP) is 4.23. The number of hydrogen-bond acceptors (Lipinski definition) is 2. The molecule has 0 aliphatic carbocycles. The van der Waals surface area contributed by atoms with Gasteiger partial charge < -0.3 is 5.73 Å². The van der Waals surface area contributed by atoms with Crippen molar-refractivity contribution in [3.8, 4) is 11.1 Å². The fraction of sp³-hybridized carbons (Fsp3) is 0.400. The zero-order valence-electron chi connectivity index (χ0n) is 11.7. The van der Waals surface area contributed by atoms with Gasteiger partial charge in [-0.25, -0.2) is 0 Å². The highest BCUT2D eigenvalue weighted by atomic mass is 35.5. The molecule has 19 heavy (non-hydrogen) atoms. The Morgan fingerprint density at radius 3 is 2.53 bits per heavy atom. The minimum atomic E-state index is 0.402. The van der Waals surface area contributed by atoms with Gasteiger partial charge in [-0.2, -0.15) is 5.10 Å². The van der Waals surface area contributed by atoms with Crippen LogP contribution in [0.15, 0.2) is 24.3 Å². The molecule has 0 radical (unpaired) electrons. The first kappa shape index (κ1) is 13.9. The number of anilines is 1. The zero-order valence-corrected chi connectivity index (χ0v) is 12.4. The number of benzene rings is 1. The number of nitrogen functional groups attached to an aromatic ring is 1. The van der Waals surface area contributed by atoms with Crippen LogP contribution < -0.4 is 5.73 Å². The molecule has 0 saturated carbocycles. The predicted molar refractivity (Wildman–Crippen MR) is 81.4 cm³/mol. The Morgan fingerprint density at radius 2 is 1.95 bits per heavy atom. The number of hydrogen-bond donors (Lipinski definition) is 1. The van der Waals surface area contributed by atoms with Crippen molar-refractivity contribution >= 4 is 17.4 Å². The van der Waals surface area contributed by atoms with Gasteiger partial charge >= 0.3 is 0 Å². The van der Waals surface area contributed by atoms with Crippen LogP contribution in [-0.4, -0.2) is 9.78 Å². The minimum Gasteiger partial charge on any atom is -0.383 e. The number of aryl methyl sites for hydroxylation is 1. The molecule has 2 rings (SSSR count). The molecule has 1 aromatic heterocycles. The van der Waals surface area contributed by atoms with Crippen molar-refractivity contribution in [1.82, 2.24) is 9.78 Å². The third kappa shape index (κ3) is 2.76. The van der Waals surface area contributed by atoms with Gasteiger partial charge in [-0.3, -0.25) is 4.68 Å². The van der Waals surface area contributed by atoms with Gasteiger partial charge in [0.05, 0.1) is 5.69 Å². The SMILES string of the molecule is CCCC(C)c1nn(C)c(N)c1-c1ccc(Cl)cc1. The molecule has 4 heteroatoms. The summed E-state index contributed by atoms with van der Waals surface area (Å²) in [4.78, 5) is 0. The van der Waals surface area contributed by atoms with Gasteiger partial charge in [0.15, 0.2) is 0 Å². The Balaban J connectivity index is 2.51. The summed E-state index contributed by atoms with van der Waals surface area (Å²) in [7, 11) is 1.89. The van der Waals surface area contributed by atoms with E-state index in [0.29, 0.717) is 11.7 Å².